The van der Waals surface area contributed by atoms with E-state index in [1.54, 1.807) is 55.5 Å². The van der Waals surface area contributed by atoms with Crippen LogP contribution in [-0.4, -0.2) is 57.3 Å². The molecule has 172 valence electrons. The molecule has 2 aromatic rings. The molecule has 2 fully saturated rings. The molecule has 4 aliphatic heterocycles. The van der Waals surface area contributed by atoms with Gasteiger partial charge in [-0.2, -0.15) is 10.1 Å². The van der Waals surface area contributed by atoms with Crippen molar-refractivity contribution in [3.63, 3.8) is 0 Å². The minimum absolute atomic E-state index is 0.0328. The van der Waals surface area contributed by atoms with Crippen LogP contribution < -0.4 is 0 Å². The molecule has 3 amide bonds. The largest absolute Gasteiger partial charge is 0.443 e. The summed E-state index contributed by atoms with van der Waals surface area (Å²) in [5.41, 5.74) is 10.8. The lowest BCUT2D eigenvalue weighted by Gasteiger charge is -2.48. The summed E-state index contributed by atoms with van der Waals surface area (Å²) in [5, 5.41) is 6.91. The maximum Gasteiger partial charge on any atom is 0.431 e. The van der Waals surface area contributed by atoms with Crippen molar-refractivity contribution < 1.29 is 24.0 Å². The predicted molar refractivity (Wildman–Crippen MR) is 117 cm³/mol. The first kappa shape index (κ1) is 21.5. The van der Waals surface area contributed by atoms with Gasteiger partial charge >= 0.3 is 6.09 Å². The maximum absolute atomic E-state index is 13.3. The number of β-lactam (4-membered cyclic amide) rings is 1. The van der Waals surface area contributed by atoms with Crippen LogP contribution in [-0.2, 0) is 21.0 Å². The summed E-state index contributed by atoms with van der Waals surface area (Å²) in [5.74, 6) is -1.06. The molecular weight excluding hydrogens is 440 g/mol. The van der Waals surface area contributed by atoms with Gasteiger partial charge in [0.15, 0.2) is 6.17 Å². The number of rotatable bonds is 4. The Bertz CT molecular complexity index is 1210. The number of nitrogens with zero attached hydrogens (tertiary/aromatic N) is 6. The third-order valence-corrected chi connectivity index (χ3v) is 5.99. The van der Waals surface area contributed by atoms with Crippen LogP contribution in [0, 0.1) is 0 Å². The third-order valence-electron chi connectivity index (χ3n) is 5.99. The van der Waals surface area contributed by atoms with Crippen molar-refractivity contribution in [2.75, 3.05) is 0 Å². The highest BCUT2D eigenvalue weighted by Gasteiger charge is 2.62. The van der Waals surface area contributed by atoms with E-state index in [1.807, 2.05) is 18.2 Å². The predicted octanol–water partition coefficient (Wildman–Crippen LogP) is 3.17. The molecule has 0 aliphatic carbocycles. The van der Waals surface area contributed by atoms with Crippen LogP contribution in [0.3, 0.4) is 0 Å². The fraction of sp³-hybridized carbons (Fsp3) is 0.261. The molecule has 0 aromatic heterocycles. The average molecular weight is 460 g/mol. The number of hydrogen-bond donors (Lipinski definition) is 0. The highest BCUT2D eigenvalue weighted by atomic mass is 16.7. The molecule has 0 spiro atoms. The molecule has 0 radical (unpaired) electrons. The molecule has 2 saturated heterocycles. The zero-order valence-electron chi connectivity index (χ0n) is 18.1. The van der Waals surface area contributed by atoms with Crippen molar-refractivity contribution in [3.8, 4) is 0 Å². The second-order valence-electron chi connectivity index (χ2n) is 8.06. The zero-order valence-corrected chi connectivity index (χ0v) is 18.1. The molecule has 2 bridgehead atoms. The van der Waals surface area contributed by atoms with E-state index >= 15 is 0 Å². The Labute approximate surface area is 194 Å². The van der Waals surface area contributed by atoms with Gasteiger partial charge in [0.1, 0.15) is 24.8 Å². The van der Waals surface area contributed by atoms with Gasteiger partial charge in [0.2, 0.25) is 0 Å². The Hall–Kier alpha value is -4.34. The number of ether oxygens (including phenoxy) is 1. The number of hydroxylamine groups is 2. The Balaban J connectivity index is 1.52. The molecule has 0 N–H and O–H groups in total. The first-order valence-electron chi connectivity index (χ1n) is 10.6. The summed E-state index contributed by atoms with van der Waals surface area (Å²) < 4.78 is 5.51. The van der Waals surface area contributed by atoms with Crippen molar-refractivity contribution in [3.05, 3.63) is 93.9 Å². The number of hydrogen-bond acceptors (Lipinski definition) is 6. The number of azide groups is 1. The van der Waals surface area contributed by atoms with Gasteiger partial charge in [-0.05, 0) is 41.8 Å². The number of fused-ring (bicyclic) bond motifs is 1. The molecule has 0 saturated carbocycles. The number of hydrazine groups is 1. The maximum atomic E-state index is 13.3. The van der Waals surface area contributed by atoms with E-state index < -0.39 is 42.3 Å². The monoisotopic (exact) mass is 460 g/mol. The number of carbonyl (C=O) groups excluding carboxylic acids is 3. The van der Waals surface area contributed by atoms with Gasteiger partial charge in [0, 0.05) is 10.5 Å². The second-order valence-corrected chi connectivity index (χ2v) is 8.06. The number of carbonyl (C=O) groups is 3. The van der Waals surface area contributed by atoms with Gasteiger partial charge in [-0.3, -0.25) is 14.4 Å². The van der Waals surface area contributed by atoms with Crippen molar-refractivity contribution in [1.82, 2.24) is 15.1 Å². The summed E-state index contributed by atoms with van der Waals surface area (Å²) in [6, 6.07) is 15.7. The lowest BCUT2D eigenvalue weighted by Crippen LogP contribution is -2.73. The second kappa shape index (κ2) is 8.54. The Morgan fingerprint density at radius 1 is 1.12 bits per heavy atom. The lowest BCUT2D eigenvalue weighted by atomic mass is 9.89. The van der Waals surface area contributed by atoms with Gasteiger partial charge < -0.3 is 4.74 Å². The van der Waals surface area contributed by atoms with Gasteiger partial charge in [0.25, 0.3) is 11.8 Å². The molecule has 11 nitrogen and oxygen atoms in total. The number of benzene rings is 2. The van der Waals surface area contributed by atoms with Gasteiger partial charge in [-0.25, -0.2) is 9.80 Å². The molecular formula is C23H20N6O5. The van der Waals surface area contributed by atoms with Crippen LogP contribution in [0.1, 0.15) is 22.8 Å². The standard InChI is InChI=1S/C23H20N6O5/c1-14-12-17-27(23(32)33-13-15-8-4-2-5-9-15)28-19(18(22(28)31)25-26-24)20(14)34-29(17)21(30)16-10-6-3-7-11-16/h2-12,17-20H,13H2,1H3/t17-,18+,19-,20-/m1/s1. The van der Waals surface area contributed by atoms with Crippen LogP contribution >= 0.6 is 0 Å². The van der Waals surface area contributed by atoms with E-state index in [1.165, 1.54) is 5.01 Å². The molecule has 4 atom stereocenters. The highest BCUT2D eigenvalue weighted by molar-refractivity contribution is 5.95. The molecule has 6 rings (SSSR count). The van der Waals surface area contributed by atoms with E-state index in [-0.39, 0.29) is 6.61 Å². The van der Waals surface area contributed by atoms with E-state index in [9.17, 15) is 14.4 Å². The topological polar surface area (TPSA) is 128 Å². The lowest BCUT2D eigenvalue weighted by molar-refractivity contribution is -0.185. The zero-order chi connectivity index (χ0) is 23.8. The summed E-state index contributed by atoms with van der Waals surface area (Å²) in [6.45, 7) is 1.74. The third kappa shape index (κ3) is 3.43. The quantitative estimate of drug-likeness (QED) is 0.228. The van der Waals surface area contributed by atoms with Crippen molar-refractivity contribution >= 4 is 17.9 Å². The summed E-state index contributed by atoms with van der Waals surface area (Å²) in [7, 11) is 0. The normalized spacial score (nSPS) is 24.9. The van der Waals surface area contributed by atoms with Crippen molar-refractivity contribution in [1.29, 1.82) is 0 Å². The minimum atomic E-state index is -1.08. The van der Waals surface area contributed by atoms with Gasteiger partial charge in [-0.15, -0.1) is 0 Å². The first-order chi connectivity index (χ1) is 16.5. The van der Waals surface area contributed by atoms with Crippen LogP contribution in [0.4, 0.5) is 4.79 Å². The smallest absolute Gasteiger partial charge is 0.431 e. The number of amides is 3. The van der Waals surface area contributed by atoms with Gasteiger partial charge in [-0.1, -0.05) is 53.6 Å². The Kier molecular flexibility index (Phi) is 5.40. The fourth-order valence-electron chi connectivity index (χ4n) is 4.35. The average Bonchev–Trinajstić information content (AvgIpc) is 3.06. The Morgan fingerprint density at radius 3 is 2.47 bits per heavy atom. The van der Waals surface area contributed by atoms with Crippen LogP contribution in [0.2, 0.25) is 0 Å². The van der Waals surface area contributed by atoms with Crippen LogP contribution in [0.5, 0.6) is 0 Å². The molecule has 4 heterocycles. The van der Waals surface area contributed by atoms with E-state index in [4.69, 9.17) is 15.1 Å². The molecule has 0 unspecified atom stereocenters. The highest BCUT2D eigenvalue weighted by Crippen LogP contribution is 2.41. The SMILES string of the molecule is CC1=C[C@H]2N(C(=O)c3ccccc3)O[C@H]1[C@H]1[C@H](N=[N+]=[N-])C(=O)N1N2C(=O)OCc1ccccc1. The van der Waals surface area contributed by atoms with Crippen LogP contribution in [0.15, 0.2) is 77.4 Å². The summed E-state index contributed by atoms with van der Waals surface area (Å²) in [6.07, 6.45) is -1.03. The van der Waals surface area contributed by atoms with Crippen LogP contribution in [0.25, 0.3) is 10.4 Å². The molecule has 4 aliphatic rings. The fourth-order valence-corrected chi connectivity index (χ4v) is 4.35. The van der Waals surface area contributed by atoms with Crippen molar-refractivity contribution in [2.45, 2.75) is 37.9 Å². The summed E-state index contributed by atoms with van der Waals surface area (Å²) in [4.78, 5) is 48.4. The van der Waals surface area contributed by atoms with Gasteiger partial charge in [0.05, 0.1) is 0 Å². The van der Waals surface area contributed by atoms with E-state index in [0.717, 1.165) is 15.6 Å². The van der Waals surface area contributed by atoms with E-state index in [0.29, 0.717) is 11.1 Å². The first-order valence-corrected chi connectivity index (χ1v) is 10.6. The Morgan fingerprint density at radius 2 is 1.79 bits per heavy atom. The van der Waals surface area contributed by atoms with Crippen molar-refractivity contribution in [2.24, 2.45) is 5.11 Å². The molecule has 11 heteroatoms. The molecule has 2 aromatic carbocycles. The summed E-state index contributed by atoms with van der Waals surface area (Å²) >= 11 is 0. The molecule has 34 heavy (non-hydrogen) atoms. The van der Waals surface area contributed by atoms with E-state index in [2.05, 4.69) is 10.0 Å². The minimum Gasteiger partial charge on any atom is -0.443 e.